The van der Waals surface area contributed by atoms with Crippen molar-refractivity contribution in [2.24, 2.45) is 5.92 Å². The van der Waals surface area contributed by atoms with Gasteiger partial charge in [-0.1, -0.05) is 20.8 Å². The van der Waals surface area contributed by atoms with Crippen LogP contribution in [0.2, 0.25) is 0 Å². The molecule has 0 aliphatic heterocycles. The molecule has 3 rings (SSSR count). The van der Waals surface area contributed by atoms with Crippen molar-refractivity contribution in [3.8, 4) is 0 Å². The van der Waals surface area contributed by atoms with E-state index in [9.17, 15) is 13.6 Å². The molecule has 1 aromatic heterocycles. The van der Waals surface area contributed by atoms with Gasteiger partial charge in [0.15, 0.2) is 0 Å². The average Bonchev–Trinajstić information content (AvgIpc) is 2.87. The summed E-state index contributed by atoms with van der Waals surface area (Å²) in [5, 5.41) is 11.2. The number of hydrogen-bond acceptors (Lipinski definition) is 2. The highest BCUT2D eigenvalue weighted by atomic mass is 19.3. The van der Waals surface area contributed by atoms with Gasteiger partial charge < -0.3 is 9.67 Å². The number of nitrogens with zero attached hydrogens (tertiary/aromatic N) is 2. The van der Waals surface area contributed by atoms with Crippen LogP contribution in [0.3, 0.4) is 0 Å². The fourth-order valence-electron chi connectivity index (χ4n) is 3.63. The van der Waals surface area contributed by atoms with Gasteiger partial charge in [0.05, 0.1) is 11.0 Å². The second-order valence-electron chi connectivity index (χ2n) is 8.23. The Kier molecular flexibility index (Phi) is 4.67. The monoisotopic (exact) mass is 365 g/mol. The van der Waals surface area contributed by atoms with E-state index in [0.717, 1.165) is 11.3 Å². The van der Waals surface area contributed by atoms with E-state index in [1.165, 1.54) is 0 Å². The third-order valence-corrected chi connectivity index (χ3v) is 4.95. The molecule has 1 saturated carbocycles. The summed E-state index contributed by atoms with van der Waals surface area (Å²) in [6.07, 6.45) is -0.212. The Morgan fingerprint density at radius 3 is 2.58 bits per heavy atom. The van der Waals surface area contributed by atoms with E-state index in [4.69, 9.17) is 10.1 Å². The average molecular weight is 365 g/mol. The number of carboxylic acid groups (broad SMARTS) is 1. The molecule has 1 amide bonds. The molecule has 0 unspecified atom stereocenters. The van der Waals surface area contributed by atoms with E-state index < -0.39 is 12.0 Å². The van der Waals surface area contributed by atoms with Crippen LogP contribution in [-0.2, 0) is 12.0 Å². The quantitative estimate of drug-likeness (QED) is 0.781. The fraction of sp³-hybridized carbons (Fsp3) is 0.579. The summed E-state index contributed by atoms with van der Waals surface area (Å²) in [7, 11) is 0. The molecule has 1 heterocycles. The Labute approximate surface area is 151 Å². The minimum atomic E-state index is -2.53. The van der Waals surface area contributed by atoms with Crippen LogP contribution >= 0.6 is 0 Å². The first-order chi connectivity index (χ1) is 12.0. The molecule has 0 spiro atoms. The van der Waals surface area contributed by atoms with Crippen molar-refractivity contribution in [3.63, 3.8) is 0 Å². The number of aromatic nitrogens is 2. The van der Waals surface area contributed by atoms with Crippen molar-refractivity contribution in [3.05, 3.63) is 24.0 Å². The van der Waals surface area contributed by atoms with E-state index in [2.05, 4.69) is 30.7 Å². The molecular formula is C19H25F2N3O2. The maximum Gasteiger partial charge on any atom is 0.409 e. The zero-order valence-electron chi connectivity index (χ0n) is 15.4. The Balaban J connectivity index is 1.95. The standard InChI is InChI=1S/C19H25F2N3O2/c1-18(2,3)16-23-14-10-13(22-17(25)26)4-5-15(14)24(16)11-12-6-8-19(20,21)9-7-12/h4-5,10,12,22H,6-9,11H2,1-3H3,(H,25,26). The topological polar surface area (TPSA) is 67.2 Å². The van der Waals surface area contributed by atoms with Gasteiger partial charge in [0, 0.05) is 30.5 Å². The molecule has 26 heavy (non-hydrogen) atoms. The third-order valence-electron chi connectivity index (χ3n) is 4.95. The number of amides is 1. The van der Waals surface area contributed by atoms with E-state index in [1.54, 1.807) is 12.1 Å². The van der Waals surface area contributed by atoms with Gasteiger partial charge in [-0.05, 0) is 37.0 Å². The fourth-order valence-corrected chi connectivity index (χ4v) is 3.63. The molecule has 0 radical (unpaired) electrons. The number of imidazole rings is 1. The summed E-state index contributed by atoms with van der Waals surface area (Å²) in [5.74, 6) is -1.44. The van der Waals surface area contributed by atoms with E-state index in [-0.39, 0.29) is 24.2 Å². The first-order valence-corrected chi connectivity index (χ1v) is 8.94. The van der Waals surface area contributed by atoms with Crippen LogP contribution in [0.1, 0.15) is 52.3 Å². The van der Waals surface area contributed by atoms with Gasteiger partial charge >= 0.3 is 6.09 Å². The highest BCUT2D eigenvalue weighted by Gasteiger charge is 2.35. The molecule has 142 valence electrons. The van der Waals surface area contributed by atoms with E-state index in [1.807, 2.05) is 6.07 Å². The number of halogens is 2. The lowest BCUT2D eigenvalue weighted by Crippen LogP contribution is -2.28. The molecule has 1 aliphatic carbocycles. The Morgan fingerprint density at radius 2 is 2.00 bits per heavy atom. The molecule has 1 aliphatic rings. The summed E-state index contributed by atoms with van der Waals surface area (Å²) in [6.45, 7) is 6.85. The Morgan fingerprint density at radius 1 is 1.35 bits per heavy atom. The summed E-state index contributed by atoms with van der Waals surface area (Å²) >= 11 is 0. The molecular weight excluding hydrogens is 340 g/mol. The first kappa shape index (κ1) is 18.6. The third kappa shape index (κ3) is 3.97. The number of nitrogens with one attached hydrogen (secondary N) is 1. The Hall–Kier alpha value is -2.18. The minimum absolute atomic E-state index is 0.0537. The van der Waals surface area contributed by atoms with Gasteiger partial charge in [0.2, 0.25) is 5.92 Å². The van der Waals surface area contributed by atoms with Crippen LogP contribution in [0.15, 0.2) is 18.2 Å². The van der Waals surface area contributed by atoms with Gasteiger partial charge in [-0.15, -0.1) is 0 Å². The number of alkyl halides is 2. The van der Waals surface area contributed by atoms with Crippen molar-refractivity contribution in [2.45, 2.75) is 64.3 Å². The number of benzene rings is 1. The molecule has 2 aromatic rings. The molecule has 7 heteroatoms. The summed E-state index contributed by atoms with van der Waals surface area (Å²) in [5.41, 5.74) is 1.87. The van der Waals surface area contributed by atoms with Crippen molar-refractivity contribution >= 4 is 22.8 Å². The number of carbonyl (C=O) groups is 1. The second kappa shape index (κ2) is 6.52. The van der Waals surface area contributed by atoms with Gasteiger partial charge in [0.1, 0.15) is 5.82 Å². The molecule has 1 aromatic carbocycles. The number of hydrogen-bond donors (Lipinski definition) is 2. The van der Waals surface area contributed by atoms with Crippen LogP contribution < -0.4 is 5.32 Å². The molecule has 0 saturated heterocycles. The zero-order valence-corrected chi connectivity index (χ0v) is 15.4. The second-order valence-corrected chi connectivity index (χ2v) is 8.23. The molecule has 2 N–H and O–H groups in total. The minimum Gasteiger partial charge on any atom is -0.465 e. The summed E-state index contributed by atoms with van der Waals surface area (Å²) in [6, 6.07) is 5.26. The maximum atomic E-state index is 13.5. The number of rotatable bonds is 3. The predicted octanol–water partition coefficient (Wildman–Crippen LogP) is 5.25. The van der Waals surface area contributed by atoms with Gasteiger partial charge in [0.25, 0.3) is 0 Å². The number of fused-ring (bicyclic) bond motifs is 1. The predicted molar refractivity (Wildman–Crippen MR) is 97.0 cm³/mol. The normalized spacial score (nSPS) is 18.2. The highest BCUT2D eigenvalue weighted by Crippen LogP contribution is 2.38. The van der Waals surface area contributed by atoms with E-state index in [0.29, 0.717) is 30.6 Å². The molecule has 0 bridgehead atoms. The smallest absolute Gasteiger partial charge is 0.409 e. The zero-order chi connectivity index (χ0) is 19.1. The molecule has 5 nitrogen and oxygen atoms in total. The van der Waals surface area contributed by atoms with Crippen LogP contribution in [0.4, 0.5) is 19.3 Å². The van der Waals surface area contributed by atoms with Crippen molar-refractivity contribution in [2.75, 3.05) is 5.32 Å². The summed E-state index contributed by atoms with van der Waals surface area (Å²) < 4.78 is 29.0. The van der Waals surface area contributed by atoms with Crippen LogP contribution in [-0.4, -0.2) is 26.7 Å². The SMILES string of the molecule is CC(C)(C)c1nc2cc(NC(=O)O)ccc2n1CC1CCC(F)(F)CC1. The lowest BCUT2D eigenvalue weighted by atomic mass is 9.86. The first-order valence-electron chi connectivity index (χ1n) is 8.94. The molecule has 0 atom stereocenters. The van der Waals surface area contributed by atoms with Gasteiger partial charge in [-0.2, -0.15) is 0 Å². The lowest BCUT2D eigenvalue weighted by molar-refractivity contribution is -0.0473. The highest BCUT2D eigenvalue weighted by molar-refractivity contribution is 5.88. The van der Waals surface area contributed by atoms with Crippen LogP contribution in [0.5, 0.6) is 0 Å². The number of anilines is 1. The van der Waals surface area contributed by atoms with E-state index >= 15 is 0 Å². The Bertz CT molecular complexity index is 814. The van der Waals surface area contributed by atoms with Crippen molar-refractivity contribution in [1.82, 2.24) is 9.55 Å². The van der Waals surface area contributed by atoms with Crippen molar-refractivity contribution in [1.29, 1.82) is 0 Å². The lowest BCUT2D eigenvalue weighted by Gasteiger charge is -2.30. The van der Waals surface area contributed by atoms with Gasteiger partial charge in [-0.25, -0.2) is 18.6 Å². The largest absolute Gasteiger partial charge is 0.465 e. The maximum absolute atomic E-state index is 13.5. The van der Waals surface area contributed by atoms with Crippen molar-refractivity contribution < 1.29 is 18.7 Å². The molecule has 1 fully saturated rings. The van der Waals surface area contributed by atoms with Gasteiger partial charge in [-0.3, -0.25) is 5.32 Å². The van der Waals surface area contributed by atoms with Crippen LogP contribution in [0, 0.1) is 5.92 Å². The van der Waals surface area contributed by atoms with Crippen LogP contribution in [0.25, 0.3) is 11.0 Å². The summed E-state index contributed by atoms with van der Waals surface area (Å²) in [4.78, 5) is 15.6.